The van der Waals surface area contributed by atoms with Crippen LogP contribution in [0, 0.1) is 0 Å². The Kier molecular flexibility index (Phi) is 19.6. The van der Waals surface area contributed by atoms with Crippen molar-refractivity contribution in [3.05, 3.63) is 50.6 Å². The van der Waals surface area contributed by atoms with Crippen molar-refractivity contribution >= 4 is 26.7 Å². The molecule has 0 atom stereocenters. The minimum Gasteiger partial charge on any atom is -0.317 e. The highest BCUT2D eigenvalue weighted by molar-refractivity contribution is 7.18. The Morgan fingerprint density at radius 3 is 1.26 bits per heavy atom. The summed E-state index contributed by atoms with van der Waals surface area (Å²) in [4.78, 5) is 0. The summed E-state index contributed by atoms with van der Waals surface area (Å²) >= 11 is 5.67. The molecule has 0 aromatic carbocycles. The number of rotatable bonds is 9. The van der Waals surface area contributed by atoms with E-state index in [2.05, 4.69) is 75.5 Å². The van der Waals surface area contributed by atoms with Gasteiger partial charge >= 0.3 is 0 Å². The van der Waals surface area contributed by atoms with Crippen molar-refractivity contribution in [2.75, 3.05) is 26.2 Å². The van der Waals surface area contributed by atoms with Crippen LogP contribution in [0.2, 0.25) is 39.3 Å². The van der Waals surface area contributed by atoms with E-state index in [1.807, 2.05) is 24.3 Å². The van der Waals surface area contributed by atoms with Crippen LogP contribution in [0.1, 0.15) is 0 Å². The Morgan fingerprint density at radius 1 is 0.783 bits per heavy atom. The van der Waals surface area contributed by atoms with Crippen LogP contribution in [0.4, 0.5) is 0 Å². The average Bonchev–Trinajstić information content (AvgIpc) is 2.37. The molecular formula is C18H39ClN2Si2. The van der Waals surface area contributed by atoms with Gasteiger partial charge in [-0.15, -0.1) is 26.3 Å². The molecule has 0 amide bonds. The first kappa shape index (κ1) is 27.5. The maximum atomic E-state index is 5.67. The standard InChI is InChI=1S/C9H19NSi.C6H11N.C3H9ClSi/c1-6-8-10(9-7-2)11(3,4)5;1-3-5-7-6-4-2;1-5(2,3)4/h6-7H,1-2,8-9H2,3-5H3;3-4,7H,1-2,5-6H2;1-3H3. The lowest BCUT2D eigenvalue weighted by atomic mass is 10.5. The Morgan fingerprint density at radius 2 is 1.09 bits per heavy atom. The summed E-state index contributed by atoms with van der Waals surface area (Å²) in [5, 5.41) is 3.05. The van der Waals surface area contributed by atoms with Crippen LogP contribution in [-0.2, 0) is 0 Å². The van der Waals surface area contributed by atoms with Gasteiger partial charge in [-0.2, -0.15) is 11.1 Å². The quantitative estimate of drug-likeness (QED) is 0.248. The van der Waals surface area contributed by atoms with Crippen molar-refractivity contribution in [1.29, 1.82) is 0 Å². The summed E-state index contributed by atoms with van der Waals surface area (Å²) in [6, 6.07) is 0. The van der Waals surface area contributed by atoms with Gasteiger partial charge in [-0.3, -0.25) is 0 Å². The predicted octanol–water partition coefficient (Wildman–Crippen LogP) is 5.50. The number of hydrogen-bond acceptors (Lipinski definition) is 2. The van der Waals surface area contributed by atoms with Gasteiger partial charge in [-0.1, -0.05) is 63.6 Å². The minimum atomic E-state index is -1.14. The second-order valence-corrected chi connectivity index (χ2v) is 19.5. The molecule has 136 valence electrons. The van der Waals surface area contributed by atoms with Gasteiger partial charge in [0.15, 0.2) is 0 Å². The predicted molar refractivity (Wildman–Crippen MR) is 118 cm³/mol. The van der Waals surface area contributed by atoms with Crippen molar-refractivity contribution < 1.29 is 0 Å². The average molecular weight is 375 g/mol. The molecule has 0 aromatic rings. The molecular weight excluding hydrogens is 336 g/mol. The van der Waals surface area contributed by atoms with E-state index in [-0.39, 0.29) is 0 Å². The zero-order chi connectivity index (χ0) is 18.9. The van der Waals surface area contributed by atoms with Crippen molar-refractivity contribution in [3.63, 3.8) is 0 Å². The largest absolute Gasteiger partial charge is 0.317 e. The van der Waals surface area contributed by atoms with Gasteiger partial charge in [0.1, 0.15) is 15.6 Å². The summed E-state index contributed by atoms with van der Waals surface area (Å²) in [7, 11) is -2.28. The van der Waals surface area contributed by atoms with Gasteiger partial charge in [0.2, 0.25) is 0 Å². The molecule has 0 saturated heterocycles. The van der Waals surface area contributed by atoms with Crippen molar-refractivity contribution in [3.8, 4) is 0 Å². The molecule has 0 aromatic heterocycles. The van der Waals surface area contributed by atoms with Crippen molar-refractivity contribution in [2.45, 2.75) is 39.3 Å². The Bertz CT molecular complexity index is 294. The van der Waals surface area contributed by atoms with Gasteiger partial charge in [0.05, 0.1) is 0 Å². The van der Waals surface area contributed by atoms with E-state index in [0.717, 1.165) is 26.2 Å². The fourth-order valence-corrected chi connectivity index (χ4v) is 2.58. The van der Waals surface area contributed by atoms with E-state index in [9.17, 15) is 0 Å². The van der Waals surface area contributed by atoms with Gasteiger partial charge < -0.3 is 9.88 Å². The van der Waals surface area contributed by atoms with E-state index in [0.29, 0.717) is 0 Å². The SMILES string of the molecule is C=CCN(CC=C)[Si](C)(C)C.C=CCNCC=C.C[Si](C)(C)Cl. The lowest BCUT2D eigenvalue weighted by molar-refractivity contribution is 0.518. The van der Waals surface area contributed by atoms with Crippen LogP contribution in [-0.4, -0.2) is 46.4 Å². The summed E-state index contributed by atoms with van der Waals surface area (Å²) < 4.78 is 2.45. The van der Waals surface area contributed by atoms with Crippen LogP contribution in [0.3, 0.4) is 0 Å². The monoisotopic (exact) mass is 374 g/mol. The fourth-order valence-electron chi connectivity index (χ4n) is 1.22. The third-order valence-electron chi connectivity index (χ3n) is 2.23. The van der Waals surface area contributed by atoms with Crippen LogP contribution < -0.4 is 5.32 Å². The third-order valence-corrected chi connectivity index (χ3v) is 4.49. The molecule has 23 heavy (non-hydrogen) atoms. The molecule has 0 saturated carbocycles. The Hall–Kier alpha value is -0.396. The molecule has 0 rings (SSSR count). The first-order chi connectivity index (χ1) is 10.4. The van der Waals surface area contributed by atoms with Gasteiger partial charge in [-0.25, -0.2) is 0 Å². The molecule has 0 aliphatic rings. The number of nitrogens with zero attached hydrogens (tertiary/aromatic N) is 1. The van der Waals surface area contributed by atoms with Crippen LogP contribution in [0.25, 0.3) is 0 Å². The fraction of sp³-hybridized carbons (Fsp3) is 0.556. The maximum Gasteiger partial charge on any atom is 0.147 e. The molecule has 0 spiro atoms. The molecule has 0 heterocycles. The summed E-state index contributed by atoms with van der Waals surface area (Å²) in [6.07, 6.45) is 7.57. The summed E-state index contributed by atoms with van der Waals surface area (Å²) in [6.45, 7) is 31.5. The minimum absolute atomic E-state index is 0.867. The van der Waals surface area contributed by atoms with E-state index in [1.165, 1.54) is 0 Å². The molecule has 1 N–H and O–H groups in total. The second-order valence-electron chi connectivity index (χ2n) is 6.96. The normalized spacial score (nSPS) is 10.6. The van der Waals surface area contributed by atoms with Gasteiger partial charge in [0, 0.05) is 26.2 Å². The molecule has 5 heteroatoms. The smallest absolute Gasteiger partial charge is 0.147 e. The molecule has 2 nitrogen and oxygen atoms in total. The van der Waals surface area contributed by atoms with Crippen LogP contribution in [0.5, 0.6) is 0 Å². The lowest BCUT2D eigenvalue weighted by Gasteiger charge is -2.31. The molecule has 0 aliphatic carbocycles. The Labute approximate surface area is 152 Å². The highest BCUT2D eigenvalue weighted by Gasteiger charge is 2.20. The van der Waals surface area contributed by atoms with Gasteiger partial charge in [-0.05, 0) is 0 Å². The second kappa shape index (κ2) is 16.5. The zero-order valence-corrected chi connectivity index (χ0v) is 19.0. The van der Waals surface area contributed by atoms with Crippen LogP contribution in [0.15, 0.2) is 50.6 Å². The number of hydrogen-bond donors (Lipinski definition) is 1. The first-order valence-corrected chi connectivity index (χ1v) is 16.0. The van der Waals surface area contributed by atoms with E-state index >= 15 is 0 Å². The third kappa shape index (κ3) is 34.1. The zero-order valence-electron chi connectivity index (χ0n) is 16.3. The topological polar surface area (TPSA) is 15.3 Å². The highest BCUT2D eigenvalue weighted by Crippen LogP contribution is 2.08. The van der Waals surface area contributed by atoms with E-state index in [4.69, 9.17) is 11.1 Å². The molecule has 0 bridgehead atoms. The maximum absolute atomic E-state index is 5.67. The lowest BCUT2D eigenvalue weighted by Crippen LogP contribution is -2.45. The highest BCUT2D eigenvalue weighted by atomic mass is 35.6. The van der Waals surface area contributed by atoms with Crippen molar-refractivity contribution in [2.24, 2.45) is 0 Å². The molecule has 0 radical (unpaired) electrons. The summed E-state index contributed by atoms with van der Waals surface area (Å²) in [5.41, 5.74) is 0. The van der Waals surface area contributed by atoms with Crippen molar-refractivity contribution in [1.82, 2.24) is 9.88 Å². The number of nitrogens with one attached hydrogen (secondary N) is 1. The summed E-state index contributed by atoms with van der Waals surface area (Å²) in [5.74, 6) is 0. The molecule has 0 unspecified atom stereocenters. The number of halogens is 1. The molecule has 0 aliphatic heterocycles. The Balaban J connectivity index is -0.000000286. The van der Waals surface area contributed by atoms with E-state index in [1.54, 1.807) is 0 Å². The first-order valence-electron chi connectivity index (χ1n) is 8.02. The van der Waals surface area contributed by atoms with Crippen LogP contribution >= 0.6 is 11.1 Å². The van der Waals surface area contributed by atoms with E-state index < -0.39 is 15.6 Å². The molecule has 0 fully saturated rings. The van der Waals surface area contributed by atoms with Gasteiger partial charge in [0.25, 0.3) is 0 Å².